The highest BCUT2D eigenvalue weighted by molar-refractivity contribution is 5.77. The van der Waals surface area contributed by atoms with Gasteiger partial charge < -0.3 is 14.2 Å². The number of carbonyl (C=O) groups is 1. The maximum absolute atomic E-state index is 11.8. The molecule has 20 heavy (non-hydrogen) atoms. The molecule has 1 aromatic rings. The first-order valence-corrected chi connectivity index (χ1v) is 6.72. The summed E-state index contributed by atoms with van der Waals surface area (Å²) in [4.78, 5) is 11.8. The van der Waals surface area contributed by atoms with Gasteiger partial charge in [0.05, 0.1) is 13.7 Å². The Bertz CT molecular complexity index is 369. The SMILES string of the molecule is COCCCOCCNC(C(=O)OC)c1ccccc1. The minimum Gasteiger partial charge on any atom is -0.468 e. The predicted octanol–water partition coefficient (Wildman–Crippen LogP) is 1.54. The average Bonchev–Trinajstić information content (AvgIpc) is 2.50. The van der Waals surface area contributed by atoms with Crippen molar-refractivity contribution in [2.24, 2.45) is 0 Å². The van der Waals surface area contributed by atoms with E-state index >= 15 is 0 Å². The molecule has 0 aliphatic rings. The molecule has 1 unspecified atom stereocenters. The largest absolute Gasteiger partial charge is 0.468 e. The number of benzene rings is 1. The second-order valence-electron chi connectivity index (χ2n) is 4.28. The van der Waals surface area contributed by atoms with E-state index in [0.29, 0.717) is 26.4 Å². The van der Waals surface area contributed by atoms with Crippen molar-refractivity contribution >= 4 is 5.97 Å². The maximum atomic E-state index is 11.8. The zero-order valence-electron chi connectivity index (χ0n) is 12.1. The average molecular weight is 281 g/mol. The van der Waals surface area contributed by atoms with Crippen molar-refractivity contribution in [2.75, 3.05) is 40.6 Å². The predicted molar refractivity (Wildman–Crippen MR) is 76.5 cm³/mol. The minimum atomic E-state index is -0.455. The van der Waals surface area contributed by atoms with Crippen LogP contribution in [0, 0.1) is 0 Å². The molecule has 112 valence electrons. The van der Waals surface area contributed by atoms with Crippen molar-refractivity contribution in [3.63, 3.8) is 0 Å². The quantitative estimate of drug-likeness (QED) is 0.521. The summed E-state index contributed by atoms with van der Waals surface area (Å²) in [7, 11) is 3.06. The van der Waals surface area contributed by atoms with Crippen LogP contribution in [0.5, 0.6) is 0 Å². The van der Waals surface area contributed by atoms with Gasteiger partial charge in [-0.05, 0) is 12.0 Å². The first kappa shape index (κ1) is 16.6. The molecule has 0 saturated heterocycles. The molecule has 1 rings (SSSR count). The molecular formula is C15H23NO4. The molecule has 0 aliphatic heterocycles. The Morgan fingerprint density at radius 1 is 1.15 bits per heavy atom. The van der Waals surface area contributed by atoms with Crippen molar-refractivity contribution in [3.8, 4) is 0 Å². The summed E-state index contributed by atoms with van der Waals surface area (Å²) in [6, 6.07) is 9.05. The van der Waals surface area contributed by atoms with E-state index in [2.05, 4.69) is 5.32 Å². The van der Waals surface area contributed by atoms with Gasteiger partial charge in [0.15, 0.2) is 0 Å². The van der Waals surface area contributed by atoms with Gasteiger partial charge in [-0.25, -0.2) is 4.79 Å². The zero-order chi connectivity index (χ0) is 14.6. The third-order valence-corrected chi connectivity index (χ3v) is 2.80. The number of hydrogen-bond acceptors (Lipinski definition) is 5. The molecule has 0 bridgehead atoms. The molecule has 1 atom stereocenters. The first-order chi connectivity index (χ1) is 9.79. The number of ether oxygens (including phenoxy) is 3. The number of carbonyl (C=O) groups excluding carboxylic acids is 1. The molecule has 0 fully saturated rings. The van der Waals surface area contributed by atoms with Crippen molar-refractivity contribution in [1.29, 1.82) is 0 Å². The smallest absolute Gasteiger partial charge is 0.327 e. The van der Waals surface area contributed by atoms with E-state index in [1.165, 1.54) is 7.11 Å². The molecule has 0 radical (unpaired) electrons. The highest BCUT2D eigenvalue weighted by atomic mass is 16.5. The lowest BCUT2D eigenvalue weighted by atomic mass is 10.1. The van der Waals surface area contributed by atoms with Crippen LogP contribution in [0.1, 0.15) is 18.0 Å². The molecule has 0 amide bonds. The van der Waals surface area contributed by atoms with Gasteiger partial charge in [0, 0.05) is 26.9 Å². The molecule has 1 aromatic carbocycles. The number of nitrogens with one attached hydrogen (secondary N) is 1. The summed E-state index contributed by atoms with van der Waals surface area (Å²) >= 11 is 0. The van der Waals surface area contributed by atoms with Crippen LogP contribution in [0.3, 0.4) is 0 Å². The van der Waals surface area contributed by atoms with E-state index in [4.69, 9.17) is 14.2 Å². The number of methoxy groups -OCH3 is 2. The number of rotatable bonds is 10. The standard InChI is InChI=1S/C15H23NO4/c1-18-10-6-11-20-12-9-16-14(15(17)19-2)13-7-4-3-5-8-13/h3-5,7-8,14,16H,6,9-12H2,1-2H3. The van der Waals surface area contributed by atoms with E-state index in [1.54, 1.807) is 7.11 Å². The van der Waals surface area contributed by atoms with Crippen LogP contribution in [0.4, 0.5) is 0 Å². The lowest BCUT2D eigenvalue weighted by Crippen LogP contribution is -2.32. The van der Waals surface area contributed by atoms with Crippen molar-refractivity contribution < 1.29 is 19.0 Å². The molecule has 0 saturated carbocycles. The van der Waals surface area contributed by atoms with Crippen LogP contribution in [0.25, 0.3) is 0 Å². The third-order valence-electron chi connectivity index (χ3n) is 2.80. The van der Waals surface area contributed by atoms with Crippen molar-refractivity contribution in [1.82, 2.24) is 5.32 Å². The van der Waals surface area contributed by atoms with Gasteiger partial charge in [0.25, 0.3) is 0 Å². The van der Waals surface area contributed by atoms with Gasteiger partial charge in [0.2, 0.25) is 0 Å². The number of hydrogen-bond donors (Lipinski definition) is 1. The highest BCUT2D eigenvalue weighted by Crippen LogP contribution is 2.13. The normalized spacial score (nSPS) is 12.1. The second kappa shape index (κ2) is 10.4. The second-order valence-corrected chi connectivity index (χ2v) is 4.28. The molecule has 5 nitrogen and oxygen atoms in total. The van der Waals surface area contributed by atoms with Gasteiger partial charge >= 0.3 is 5.97 Å². The topological polar surface area (TPSA) is 56.8 Å². The third kappa shape index (κ3) is 6.14. The molecule has 0 heterocycles. The van der Waals surface area contributed by atoms with Crippen LogP contribution in [-0.4, -0.2) is 46.6 Å². The summed E-state index contributed by atoms with van der Waals surface area (Å²) in [6.45, 7) is 2.48. The van der Waals surface area contributed by atoms with Crippen LogP contribution >= 0.6 is 0 Å². The maximum Gasteiger partial charge on any atom is 0.327 e. The monoisotopic (exact) mass is 281 g/mol. The molecule has 0 aromatic heterocycles. The van der Waals surface area contributed by atoms with Gasteiger partial charge in [-0.1, -0.05) is 30.3 Å². The van der Waals surface area contributed by atoms with Crippen LogP contribution < -0.4 is 5.32 Å². The van der Waals surface area contributed by atoms with Gasteiger partial charge in [0.1, 0.15) is 6.04 Å². The van der Waals surface area contributed by atoms with Gasteiger partial charge in [-0.15, -0.1) is 0 Å². The van der Waals surface area contributed by atoms with Crippen molar-refractivity contribution in [3.05, 3.63) is 35.9 Å². The summed E-state index contributed by atoms with van der Waals surface area (Å²) in [6.07, 6.45) is 0.871. The van der Waals surface area contributed by atoms with E-state index in [0.717, 1.165) is 12.0 Å². The molecule has 5 heteroatoms. The van der Waals surface area contributed by atoms with Crippen LogP contribution in [0.2, 0.25) is 0 Å². The van der Waals surface area contributed by atoms with Crippen molar-refractivity contribution in [2.45, 2.75) is 12.5 Å². The summed E-state index contributed by atoms with van der Waals surface area (Å²) in [5, 5.41) is 3.15. The Morgan fingerprint density at radius 2 is 1.90 bits per heavy atom. The summed E-state index contributed by atoms with van der Waals surface area (Å²) in [5.41, 5.74) is 0.888. The fourth-order valence-corrected chi connectivity index (χ4v) is 1.78. The number of esters is 1. The highest BCUT2D eigenvalue weighted by Gasteiger charge is 2.19. The summed E-state index contributed by atoms with van der Waals surface area (Å²) in [5.74, 6) is -0.296. The van der Waals surface area contributed by atoms with E-state index in [9.17, 15) is 4.79 Å². The Morgan fingerprint density at radius 3 is 2.55 bits per heavy atom. The lowest BCUT2D eigenvalue weighted by molar-refractivity contribution is -0.143. The molecule has 0 spiro atoms. The Labute approximate surface area is 120 Å². The zero-order valence-corrected chi connectivity index (χ0v) is 12.1. The van der Waals surface area contributed by atoms with Crippen LogP contribution in [0.15, 0.2) is 30.3 Å². The minimum absolute atomic E-state index is 0.296. The van der Waals surface area contributed by atoms with E-state index < -0.39 is 6.04 Å². The Kier molecular flexibility index (Phi) is 8.62. The van der Waals surface area contributed by atoms with E-state index in [-0.39, 0.29) is 5.97 Å². The Balaban J connectivity index is 2.34. The first-order valence-electron chi connectivity index (χ1n) is 6.72. The van der Waals surface area contributed by atoms with E-state index in [1.807, 2.05) is 30.3 Å². The summed E-state index contributed by atoms with van der Waals surface area (Å²) < 4.78 is 15.2. The van der Waals surface area contributed by atoms with Gasteiger partial charge in [-0.2, -0.15) is 0 Å². The fourth-order valence-electron chi connectivity index (χ4n) is 1.78. The molecule has 1 N–H and O–H groups in total. The fraction of sp³-hybridized carbons (Fsp3) is 0.533. The van der Waals surface area contributed by atoms with Crippen LogP contribution in [-0.2, 0) is 19.0 Å². The molecule has 0 aliphatic carbocycles. The molecular weight excluding hydrogens is 258 g/mol. The van der Waals surface area contributed by atoms with Gasteiger partial charge in [-0.3, -0.25) is 5.32 Å². The Hall–Kier alpha value is -1.43. The lowest BCUT2D eigenvalue weighted by Gasteiger charge is -2.16.